The highest BCUT2D eigenvalue weighted by Crippen LogP contribution is 2.24. The standard InChI is InChI=1S/C18H33N3O2/c1-7-21(8-2)13-9-12-19-16(22)11-10-15-14(3)20-17(23-15)18(4,5)6/h7-13H2,1-6H3,(H,19,22). The van der Waals surface area contributed by atoms with Crippen LogP contribution < -0.4 is 5.32 Å². The first-order valence-electron chi connectivity index (χ1n) is 8.73. The Morgan fingerprint density at radius 2 is 1.91 bits per heavy atom. The number of hydrogen-bond acceptors (Lipinski definition) is 4. The molecule has 0 aromatic carbocycles. The van der Waals surface area contributed by atoms with E-state index in [9.17, 15) is 4.79 Å². The van der Waals surface area contributed by atoms with Crippen molar-refractivity contribution in [3.05, 3.63) is 17.3 Å². The molecule has 1 amide bonds. The Morgan fingerprint density at radius 1 is 1.26 bits per heavy atom. The predicted molar refractivity (Wildman–Crippen MR) is 93.7 cm³/mol. The number of aryl methyl sites for hydroxylation is 2. The quantitative estimate of drug-likeness (QED) is 0.710. The number of hydrogen-bond donors (Lipinski definition) is 1. The highest BCUT2D eigenvalue weighted by Gasteiger charge is 2.22. The third-order valence-electron chi connectivity index (χ3n) is 3.98. The Balaban J connectivity index is 2.32. The van der Waals surface area contributed by atoms with Crippen LogP contribution in [0.15, 0.2) is 4.42 Å². The van der Waals surface area contributed by atoms with Gasteiger partial charge in [-0.25, -0.2) is 4.98 Å². The van der Waals surface area contributed by atoms with Gasteiger partial charge < -0.3 is 14.6 Å². The molecule has 0 saturated heterocycles. The maximum absolute atomic E-state index is 11.9. The molecule has 0 unspecified atom stereocenters. The van der Waals surface area contributed by atoms with E-state index in [1.807, 2.05) is 6.92 Å². The normalized spacial score (nSPS) is 12.0. The first-order chi connectivity index (χ1) is 10.8. The number of aromatic nitrogens is 1. The van der Waals surface area contributed by atoms with Crippen molar-refractivity contribution in [1.29, 1.82) is 0 Å². The Hall–Kier alpha value is -1.36. The molecule has 0 spiro atoms. The maximum atomic E-state index is 11.9. The summed E-state index contributed by atoms with van der Waals surface area (Å²) in [5.74, 6) is 1.65. The molecule has 0 aliphatic carbocycles. The van der Waals surface area contributed by atoms with Gasteiger partial charge in [-0.3, -0.25) is 4.79 Å². The lowest BCUT2D eigenvalue weighted by molar-refractivity contribution is -0.121. The van der Waals surface area contributed by atoms with Crippen molar-refractivity contribution >= 4 is 5.91 Å². The van der Waals surface area contributed by atoms with Crippen molar-refractivity contribution in [2.24, 2.45) is 0 Å². The van der Waals surface area contributed by atoms with Crippen LogP contribution in [0.4, 0.5) is 0 Å². The molecule has 0 aliphatic heterocycles. The summed E-state index contributed by atoms with van der Waals surface area (Å²) in [6.45, 7) is 16.4. The van der Waals surface area contributed by atoms with E-state index in [0.717, 1.165) is 49.9 Å². The van der Waals surface area contributed by atoms with Crippen LogP contribution in [0.2, 0.25) is 0 Å². The second-order valence-corrected chi connectivity index (χ2v) is 7.01. The number of nitrogens with one attached hydrogen (secondary N) is 1. The fourth-order valence-electron chi connectivity index (χ4n) is 2.37. The zero-order valence-electron chi connectivity index (χ0n) is 15.7. The summed E-state index contributed by atoms with van der Waals surface area (Å²) >= 11 is 0. The fraction of sp³-hybridized carbons (Fsp3) is 0.778. The Kier molecular flexibility index (Phi) is 7.76. The van der Waals surface area contributed by atoms with Crippen LogP contribution in [0.1, 0.15) is 64.8 Å². The molecule has 0 bridgehead atoms. The summed E-state index contributed by atoms with van der Waals surface area (Å²) in [5.41, 5.74) is 0.791. The number of carbonyl (C=O) groups excluding carboxylic acids is 1. The van der Waals surface area contributed by atoms with E-state index < -0.39 is 0 Å². The van der Waals surface area contributed by atoms with E-state index in [1.54, 1.807) is 0 Å². The third-order valence-corrected chi connectivity index (χ3v) is 3.98. The van der Waals surface area contributed by atoms with Crippen LogP contribution >= 0.6 is 0 Å². The zero-order chi connectivity index (χ0) is 17.5. The van der Waals surface area contributed by atoms with Gasteiger partial charge in [-0.15, -0.1) is 0 Å². The van der Waals surface area contributed by atoms with E-state index in [2.05, 4.69) is 49.8 Å². The van der Waals surface area contributed by atoms with Gasteiger partial charge in [0.15, 0.2) is 5.89 Å². The van der Waals surface area contributed by atoms with Crippen LogP contribution in [0.3, 0.4) is 0 Å². The fourth-order valence-corrected chi connectivity index (χ4v) is 2.37. The molecule has 132 valence electrons. The minimum atomic E-state index is -0.101. The van der Waals surface area contributed by atoms with Gasteiger partial charge in [0, 0.05) is 24.8 Å². The van der Waals surface area contributed by atoms with Crippen LogP contribution in [0.25, 0.3) is 0 Å². The van der Waals surface area contributed by atoms with Crippen LogP contribution in [-0.4, -0.2) is 42.0 Å². The Bertz CT molecular complexity index is 485. The van der Waals surface area contributed by atoms with Gasteiger partial charge in [-0.2, -0.15) is 0 Å². The topological polar surface area (TPSA) is 58.4 Å². The highest BCUT2D eigenvalue weighted by atomic mass is 16.4. The van der Waals surface area contributed by atoms with Crippen molar-refractivity contribution < 1.29 is 9.21 Å². The van der Waals surface area contributed by atoms with Crippen molar-refractivity contribution in [2.75, 3.05) is 26.2 Å². The van der Waals surface area contributed by atoms with Gasteiger partial charge in [0.1, 0.15) is 5.76 Å². The number of nitrogens with zero attached hydrogens (tertiary/aromatic N) is 2. The molecule has 0 atom stereocenters. The van der Waals surface area contributed by atoms with Crippen LogP contribution in [-0.2, 0) is 16.6 Å². The number of oxazole rings is 1. The van der Waals surface area contributed by atoms with Crippen molar-refractivity contribution in [1.82, 2.24) is 15.2 Å². The van der Waals surface area contributed by atoms with E-state index in [1.165, 1.54) is 0 Å². The average molecular weight is 323 g/mol. The molecule has 1 aromatic heterocycles. The lowest BCUT2D eigenvalue weighted by Crippen LogP contribution is -2.30. The first kappa shape index (κ1) is 19.7. The predicted octanol–water partition coefficient (Wildman–Crippen LogP) is 3.06. The second kappa shape index (κ2) is 9.06. The SMILES string of the molecule is CCN(CC)CCCNC(=O)CCc1oc(C(C)(C)C)nc1C. The second-order valence-electron chi connectivity index (χ2n) is 7.01. The van der Waals surface area contributed by atoms with E-state index in [4.69, 9.17) is 4.42 Å². The van der Waals surface area contributed by atoms with Gasteiger partial charge in [0.2, 0.25) is 5.91 Å². The molecule has 1 rings (SSSR count). The molecule has 1 aromatic rings. The number of carbonyl (C=O) groups is 1. The smallest absolute Gasteiger partial charge is 0.220 e. The van der Waals surface area contributed by atoms with Crippen LogP contribution in [0, 0.1) is 6.92 Å². The molecule has 0 fully saturated rings. The third kappa shape index (κ3) is 6.73. The molecule has 0 saturated carbocycles. The molecule has 1 N–H and O–H groups in total. The summed E-state index contributed by atoms with van der Waals surface area (Å²) in [4.78, 5) is 18.8. The first-order valence-corrected chi connectivity index (χ1v) is 8.73. The summed E-state index contributed by atoms with van der Waals surface area (Å²) in [7, 11) is 0. The number of amides is 1. The van der Waals surface area contributed by atoms with E-state index in [0.29, 0.717) is 12.8 Å². The lowest BCUT2D eigenvalue weighted by atomic mass is 9.97. The van der Waals surface area contributed by atoms with E-state index in [-0.39, 0.29) is 11.3 Å². The van der Waals surface area contributed by atoms with Crippen molar-refractivity contribution in [3.8, 4) is 0 Å². The van der Waals surface area contributed by atoms with Gasteiger partial charge in [-0.1, -0.05) is 34.6 Å². The van der Waals surface area contributed by atoms with Crippen LogP contribution in [0.5, 0.6) is 0 Å². The molecule has 5 heteroatoms. The molecule has 0 radical (unpaired) electrons. The molecule has 5 nitrogen and oxygen atoms in total. The minimum Gasteiger partial charge on any atom is -0.445 e. The highest BCUT2D eigenvalue weighted by molar-refractivity contribution is 5.76. The van der Waals surface area contributed by atoms with Gasteiger partial charge in [0.05, 0.1) is 5.69 Å². The molecule has 0 aliphatic rings. The molecular weight excluding hydrogens is 290 g/mol. The average Bonchev–Trinajstić information content (AvgIpc) is 2.86. The van der Waals surface area contributed by atoms with Gasteiger partial charge >= 0.3 is 0 Å². The van der Waals surface area contributed by atoms with Gasteiger partial charge in [0.25, 0.3) is 0 Å². The largest absolute Gasteiger partial charge is 0.445 e. The molecular formula is C18H33N3O2. The number of rotatable bonds is 9. The lowest BCUT2D eigenvalue weighted by Gasteiger charge is -2.17. The Labute approximate surface area is 140 Å². The molecule has 23 heavy (non-hydrogen) atoms. The van der Waals surface area contributed by atoms with E-state index >= 15 is 0 Å². The monoisotopic (exact) mass is 323 g/mol. The molecule has 1 heterocycles. The van der Waals surface area contributed by atoms with Crippen molar-refractivity contribution in [2.45, 2.75) is 66.2 Å². The summed E-state index contributed by atoms with van der Waals surface area (Å²) in [6.07, 6.45) is 2.05. The minimum absolute atomic E-state index is 0.0812. The summed E-state index contributed by atoms with van der Waals surface area (Å²) in [5, 5.41) is 2.99. The zero-order valence-corrected chi connectivity index (χ0v) is 15.7. The summed E-state index contributed by atoms with van der Waals surface area (Å²) < 4.78 is 5.82. The summed E-state index contributed by atoms with van der Waals surface area (Å²) in [6, 6.07) is 0. The van der Waals surface area contributed by atoms with Crippen molar-refractivity contribution in [3.63, 3.8) is 0 Å². The van der Waals surface area contributed by atoms with Gasteiger partial charge in [-0.05, 0) is 33.0 Å². The maximum Gasteiger partial charge on any atom is 0.220 e. The Morgan fingerprint density at radius 3 is 2.43 bits per heavy atom.